The molecule has 10 heteroatoms. The summed E-state index contributed by atoms with van der Waals surface area (Å²) in [5, 5.41) is 12.6. The Labute approximate surface area is 161 Å². The lowest BCUT2D eigenvalue weighted by molar-refractivity contribution is -0.131. The third-order valence-corrected chi connectivity index (χ3v) is 4.93. The minimum absolute atomic E-state index is 0.00920. The molecule has 2 N–H and O–H groups in total. The number of hydrogen-bond donors (Lipinski definition) is 1. The fourth-order valence-corrected chi connectivity index (χ4v) is 3.17. The second kappa shape index (κ2) is 7.91. The van der Waals surface area contributed by atoms with Crippen molar-refractivity contribution in [2.75, 3.05) is 13.1 Å². The number of likely N-dealkylation sites (tertiary alicyclic amines) is 1. The van der Waals surface area contributed by atoms with Gasteiger partial charge in [0.15, 0.2) is 5.69 Å². The van der Waals surface area contributed by atoms with Crippen LogP contribution < -0.4 is 5.73 Å². The number of carbonyl (C=O) groups excluding carboxylic acids is 2. The molecular formula is C17H22ClN7O2. The molecule has 0 spiro atoms. The molecule has 3 heterocycles. The van der Waals surface area contributed by atoms with E-state index in [1.54, 1.807) is 20.3 Å². The van der Waals surface area contributed by atoms with Gasteiger partial charge in [0.25, 0.3) is 5.91 Å². The van der Waals surface area contributed by atoms with Crippen molar-refractivity contribution in [1.29, 1.82) is 0 Å². The average molecular weight is 392 g/mol. The van der Waals surface area contributed by atoms with Gasteiger partial charge in [0.05, 0.1) is 17.9 Å². The van der Waals surface area contributed by atoms with Crippen LogP contribution in [-0.4, -0.2) is 54.6 Å². The van der Waals surface area contributed by atoms with E-state index in [0.717, 1.165) is 30.6 Å². The van der Waals surface area contributed by atoms with Crippen LogP contribution in [0.1, 0.15) is 47.6 Å². The van der Waals surface area contributed by atoms with E-state index in [1.165, 1.54) is 12.3 Å². The minimum Gasteiger partial charge on any atom is -0.364 e. The standard InChI is InChI=1S/C17H22ClN7O2/c1-3-4-7-24-16(18)13(11(2)21-24)5-6-15(26)23-8-12(9-23)25-10-14(17(19)27)20-22-25/h5-6,10,12H,3-4,7-9H2,1-2H3,(H2,19,27)/b6-5+. The first kappa shape index (κ1) is 19.1. The topological polar surface area (TPSA) is 112 Å². The van der Waals surface area contributed by atoms with Crippen LogP contribution in [0.5, 0.6) is 0 Å². The first-order chi connectivity index (χ1) is 12.9. The summed E-state index contributed by atoms with van der Waals surface area (Å²) in [5.41, 5.74) is 6.84. The number of primary amides is 1. The molecule has 144 valence electrons. The molecule has 3 rings (SSSR count). The summed E-state index contributed by atoms with van der Waals surface area (Å²) < 4.78 is 3.33. The van der Waals surface area contributed by atoms with E-state index in [1.807, 2.05) is 6.92 Å². The number of rotatable bonds is 7. The summed E-state index contributed by atoms with van der Waals surface area (Å²) in [7, 11) is 0. The van der Waals surface area contributed by atoms with Crippen LogP contribution in [0.4, 0.5) is 0 Å². The molecule has 1 aliphatic rings. The molecule has 1 saturated heterocycles. The Morgan fingerprint density at radius 1 is 1.41 bits per heavy atom. The molecule has 0 bridgehead atoms. The highest BCUT2D eigenvalue weighted by molar-refractivity contribution is 6.31. The second-order valence-electron chi connectivity index (χ2n) is 6.55. The quantitative estimate of drug-likeness (QED) is 0.717. The van der Waals surface area contributed by atoms with E-state index >= 15 is 0 Å². The Morgan fingerprint density at radius 3 is 2.78 bits per heavy atom. The van der Waals surface area contributed by atoms with Gasteiger partial charge in [-0.25, -0.2) is 4.68 Å². The molecule has 27 heavy (non-hydrogen) atoms. The predicted octanol–water partition coefficient (Wildman–Crippen LogP) is 1.43. The zero-order chi connectivity index (χ0) is 19.6. The van der Waals surface area contributed by atoms with Crippen LogP contribution in [0.2, 0.25) is 5.15 Å². The molecule has 0 radical (unpaired) electrons. The summed E-state index contributed by atoms with van der Waals surface area (Å²) >= 11 is 6.38. The molecule has 2 aromatic rings. The lowest BCUT2D eigenvalue weighted by Crippen LogP contribution is -2.50. The van der Waals surface area contributed by atoms with Gasteiger partial charge in [-0.05, 0) is 19.4 Å². The Kier molecular flexibility index (Phi) is 5.59. The normalized spacial score (nSPS) is 14.7. The smallest absolute Gasteiger partial charge is 0.270 e. The molecule has 0 aliphatic carbocycles. The fraction of sp³-hybridized carbons (Fsp3) is 0.471. The van der Waals surface area contributed by atoms with Crippen molar-refractivity contribution in [3.63, 3.8) is 0 Å². The van der Waals surface area contributed by atoms with Crippen LogP contribution in [0.3, 0.4) is 0 Å². The van der Waals surface area contributed by atoms with Crippen molar-refractivity contribution in [3.05, 3.63) is 34.4 Å². The number of aromatic nitrogens is 5. The van der Waals surface area contributed by atoms with E-state index in [2.05, 4.69) is 22.3 Å². The third kappa shape index (κ3) is 4.02. The first-order valence-electron chi connectivity index (χ1n) is 8.82. The third-order valence-electron chi connectivity index (χ3n) is 4.54. The van der Waals surface area contributed by atoms with Crippen LogP contribution in [0.25, 0.3) is 6.08 Å². The van der Waals surface area contributed by atoms with E-state index in [4.69, 9.17) is 17.3 Å². The van der Waals surface area contributed by atoms with Gasteiger partial charge in [0.2, 0.25) is 5.91 Å². The summed E-state index contributed by atoms with van der Waals surface area (Å²) in [6.07, 6.45) is 6.77. The number of nitrogens with zero attached hydrogens (tertiary/aromatic N) is 6. The number of halogens is 1. The van der Waals surface area contributed by atoms with E-state index < -0.39 is 5.91 Å². The second-order valence-corrected chi connectivity index (χ2v) is 6.90. The van der Waals surface area contributed by atoms with Gasteiger partial charge in [0, 0.05) is 31.3 Å². The molecule has 1 aliphatic heterocycles. The van der Waals surface area contributed by atoms with Crippen LogP contribution in [0.15, 0.2) is 12.3 Å². The Balaban J connectivity index is 1.58. The number of nitrogens with two attached hydrogens (primary N) is 1. The molecule has 0 atom stereocenters. The van der Waals surface area contributed by atoms with Crippen LogP contribution >= 0.6 is 11.6 Å². The van der Waals surface area contributed by atoms with Gasteiger partial charge in [-0.15, -0.1) is 5.10 Å². The molecule has 2 aromatic heterocycles. The zero-order valence-corrected chi connectivity index (χ0v) is 16.1. The van der Waals surface area contributed by atoms with Gasteiger partial charge in [0.1, 0.15) is 5.15 Å². The van der Waals surface area contributed by atoms with Gasteiger partial charge in [-0.1, -0.05) is 30.2 Å². The van der Waals surface area contributed by atoms with E-state index in [0.29, 0.717) is 18.2 Å². The van der Waals surface area contributed by atoms with Crippen molar-refractivity contribution in [3.8, 4) is 0 Å². The van der Waals surface area contributed by atoms with Crippen molar-refractivity contribution < 1.29 is 9.59 Å². The highest BCUT2D eigenvalue weighted by atomic mass is 35.5. The number of aryl methyl sites for hydroxylation is 2. The molecule has 1 fully saturated rings. The molecule has 0 aromatic carbocycles. The maximum absolute atomic E-state index is 12.3. The number of amides is 2. The molecular weight excluding hydrogens is 370 g/mol. The fourth-order valence-electron chi connectivity index (χ4n) is 2.84. The predicted molar refractivity (Wildman–Crippen MR) is 100 cm³/mol. The van der Waals surface area contributed by atoms with Crippen LogP contribution in [-0.2, 0) is 11.3 Å². The molecule has 2 amide bonds. The monoisotopic (exact) mass is 391 g/mol. The van der Waals surface area contributed by atoms with Gasteiger partial charge in [-0.3, -0.25) is 14.3 Å². The molecule has 0 unspecified atom stereocenters. The summed E-state index contributed by atoms with van der Waals surface area (Å²) in [6.45, 7) is 5.73. The van der Waals surface area contributed by atoms with E-state index in [9.17, 15) is 9.59 Å². The Bertz CT molecular complexity index is 880. The zero-order valence-electron chi connectivity index (χ0n) is 15.3. The maximum Gasteiger partial charge on any atom is 0.270 e. The van der Waals surface area contributed by atoms with Crippen molar-refractivity contribution >= 4 is 29.5 Å². The van der Waals surface area contributed by atoms with Crippen LogP contribution in [0, 0.1) is 6.92 Å². The first-order valence-corrected chi connectivity index (χ1v) is 9.20. The maximum atomic E-state index is 12.3. The number of carbonyl (C=O) groups is 2. The van der Waals surface area contributed by atoms with Gasteiger partial charge >= 0.3 is 0 Å². The highest BCUT2D eigenvalue weighted by Crippen LogP contribution is 2.24. The van der Waals surface area contributed by atoms with Crippen molar-refractivity contribution in [1.82, 2.24) is 29.7 Å². The highest BCUT2D eigenvalue weighted by Gasteiger charge is 2.32. The summed E-state index contributed by atoms with van der Waals surface area (Å²) in [4.78, 5) is 25.1. The lowest BCUT2D eigenvalue weighted by Gasteiger charge is -2.38. The summed E-state index contributed by atoms with van der Waals surface area (Å²) in [5.74, 6) is -0.735. The number of unbranched alkanes of at least 4 members (excludes halogenated alkanes) is 1. The van der Waals surface area contributed by atoms with Crippen molar-refractivity contribution in [2.45, 2.75) is 39.3 Å². The van der Waals surface area contributed by atoms with E-state index in [-0.39, 0.29) is 17.6 Å². The van der Waals surface area contributed by atoms with Gasteiger partial charge < -0.3 is 10.6 Å². The SMILES string of the molecule is CCCCn1nc(C)c(/C=C/C(=O)N2CC(n3cc(C(N)=O)nn3)C2)c1Cl. The van der Waals surface area contributed by atoms with Gasteiger partial charge in [-0.2, -0.15) is 5.10 Å². The summed E-state index contributed by atoms with van der Waals surface area (Å²) in [6, 6.07) is -0.00920. The lowest BCUT2D eigenvalue weighted by atomic mass is 10.1. The molecule has 9 nitrogen and oxygen atoms in total. The van der Waals surface area contributed by atoms with Crippen molar-refractivity contribution in [2.24, 2.45) is 5.73 Å². The largest absolute Gasteiger partial charge is 0.364 e. The Hall–Kier alpha value is -2.68. The Morgan fingerprint density at radius 2 is 2.15 bits per heavy atom. The minimum atomic E-state index is -0.622. The average Bonchev–Trinajstić information content (AvgIpc) is 3.16. The molecule has 0 saturated carbocycles. The number of hydrogen-bond acceptors (Lipinski definition) is 5.